The quantitative estimate of drug-likeness (QED) is 0.201. The van der Waals surface area contributed by atoms with Crippen LogP contribution in [0, 0.1) is 11.3 Å². The Labute approximate surface area is 271 Å². The number of hydrogen-bond acceptors (Lipinski definition) is 2. The minimum absolute atomic E-state index is 0.155. The molecule has 0 radical (unpaired) electrons. The fourth-order valence-corrected chi connectivity index (χ4v) is 6.95. The highest BCUT2D eigenvalue weighted by Gasteiger charge is 2.25. The monoisotopic (exact) mass is 606 g/mol. The molecule has 0 aliphatic rings. The Bertz CT molecular complexity index is 2690. The van der Waals surface area contributed by atoms with Gasteiger partial charge >= 0.3 is 0 Å². The summed E-state index contributed by atoms with van der Waals surface area (Å²) in [5, 5.41) is 12.9. The number of hydrogen-bond donors (Lipinski definition) is 0. The standard InChI is InChI=1S/C40H24N4O.C2H6/c41-25-26-11-10-14-29(23-26)42-36-19-8-9-20-37(36)44-35-22-21-28(27-12-2-1-3-13-27)24-32(35)38(39(44)40(42)45)43-33-17-6-4-15-30(33)31-16-5-7-18-34(31)43;1-2/h1-24H;1-2H3. The number of para-hydroxylation sites is 4. The molecule has 0 saturated carbocycles. The van der Waals surface area contributed by atoms with Crippen molar-refractivity contribution in [2.45, 2.75) is 13.8 Å². The zero-order chi connectivity index (χ0) is 32.1. The summed E-state index contributed by atoms with van der Waals surface area (Å²) < 4.78 is 6.12. The van der Waals surface area contributed by atoms with E-state index in [0.717, 1.165) is 60.6 Å². The van der Waals surface area contributed by atoms with Crippen LogP contribution in [-0.2, 0) is 0 Å². The Balaban J connectivity index is 0.00000159. The average molecular weight is 607 g/mol. The third-order valence-electron chi connectivity index (χ3n) is 8.85. The van der Waals surface area contributed by atoms with E-state index < -0.39 is 0 Å². The van der Waals surface area contributed by atoms with Gasteiger partial charge in [0.15, 0.2) is 0 Å². The van der Waals surface area contributed by atoms with Crippen LogP contribution in [-0.4, -0.2) is 13.5 Å². The SMILES string of the molecule is CC.N#Cc1cccc(-n2c(=O)c3c(-n4c5ccccc5c5ccccc54)c4cc(-c5ccccc5)ccc4n3c3ccccc32)c1. The van der Waals surface area contributed by atoms with Gasteiger partial charge in [-0.2, -0.15) is 5.26 Å². The number of rotatable bonds is 3. The molecule has 9 rings (SSSR count). The summed E-state index contributed by atoms with van der Waals surface area (Å²) in [6, 6.07) is 51.1. The highest BCUT2D eigenvalue weighted by atomic mass is 16.1. The molecule has 0 N–H and O–H groups in total. The molecule has 5 nitrogen and oxygen atoms in total. The van der Waals surface area contributed by atoms with Crippen molar-refractivity contribution in [3.8, 4) is 28.6 Å². The van der Waals surface area contributed by atoms with Gasteiger partial charge in [-0.25, -0.2) is 0 Å². The van der Waals surface area contributed by atoms with Crippen LogP contribution < -0.4 is 5.56 Å². The molecule has 0 unspecified atom stereocenters. The van der Waals surface area contributed by atoms with E-state index in [1.807, 2.05) is 62.4 Å². The highest BCUT2D eigenvalue weighted by molar-refractivity contribution is 6.13. The molecule has 9 aromatic rings. The van der Waals surface area contributed by atoms with Gasteiger partial charge in [0.1, 0.15) is 5.52 Å². The van der Waals surface area contributed by atoms with E-state index in [0.29, 0.717) is 16.8 Å². The van der Waals surface area contributed by atoms with Gasteiger partial charge in [0.05, 0.1) is 50.6 Å². The topological polar surface area (TPSA) is 55.1 Å². The second kappa shape index (κ2) is 11.2. The predicted octanol–water partition coefficient (Wildman–Crippen LogP) is 10.1. The van der Waals surface area contributed by atoms with Gasteiger partial charge < -0.3 is 8.97 Å². The van der Waals surface area contributed by atoms with Crippen LogP contribution in [0.25, 0.3) is 71.8 Å². The largest absolute Gasteiger partial charge is 0.306 e. The molecule has 5 heteroatoms. The zero-order valence-corrected chi connectivity index (χ0v) is 26.1. The third kappa shape index (κ3) is 4.19. The number of fused-ring (bicyclic) bond motifs is 8. The summed E-state index contributed by atoms with van der Waals surface area (Å²) in [5.41, 5.74) is 9.27. The average Bonchev–Trinajstić information content (AvgIpc) is 3.65. The normalized spacial score (nSPS) is 11.3. The van der Waals surface area contributed by atoms with E-state index in [2.05, 4.69) is 100.0 Å². The molecule has 0 fully saturated rings. The Morgan fingerprint density at radius 2 is 1.13 bits per heavy atom. The van der Waals surface area contributed by atoms with Crippen molar-refractivity contribution < 1.29 is 0 Å². The van der Waals surface area contributed by atoms with E-state index in [9.17, 15) is 5.26 Å². The molecular weight excluding hydrogens is 576 g/mol. The molecule has 47 heavy (non-hydrogen) atoms. The van der Waals surface area contributed by atoms with Gasteiger partial charge in [-0.3, -0.25) is 9.36 Å². The van der Waals surface area contributed by atoms with E-state index in [1.54, 1.807) is 16.7 Å². The molecule has 0 bridgehead atoms. The van der Waals surface area contributed by atoms with Crippen molar-refractivity contribution in [1.82, 2.24) is 13.5 Å². The van der Waals surface area contributed by atoms with Crippen molar-refractivity contribution >= 4 is 49.3 Å². The fourth-order valence-electron chi connectivity index (χ4n) is 6.95. The third-order valence-corrected chi connectivity index (χ3v) is 8.85. The smallest absolute Gasteiger partial charge is 0.282 e. The second-order valence-corrected chi connectivity index (χ2v) is 11.3. The molecule has 224 valence electrons. The Hall–Kier alpha value is -6.38. The molecule has 3 heterocycles. The van der Waals surface area contributed by atoms with Gasteiger partial charge in [0, 0.05) is 16.2 Å². The molecule has 0 aliphatic carbocycles. The predicted molar refractivity (Wildman–Crippen MR) is 194 cm³/mol. The van der Waals surface area contributed by atoms with Gasteiger partial charge in [0.25, 0.3) is 5.56 Å². The van der Waals surface area contributed by atoms with E-state index in [4.69, 9.17) is 0 Å². The van der Waals surface area contributed by atoms with Crippen LogP contribution in [0.5, 0.6) is 0 Å². The molecule has 0 aliphatic heterocycles. The number of aromatic nitrogens is 3. The van der Waals surface area contributed by atoms with Crippen molar-refractivity contribution in [2.75, 3.05) is 0 Å². The molecule has 0 amide bonds. The summed E-state index contributed by atoms with van der Waals surface area (Å²) in [6.45, 7) is 4.00. The fraction of sp³-hybridized carbons (Fsp3) is 0.0476. The molecule has 6 aromatic carbocycles. The number of benzene rings is 6. The maximum atomic E-state index is 15.1. The zero-order valence-electron chi connectivity index (χ0n) is 26.1. The lowest BCUT2D eigenvalue weighted by molar-refractivity contribution is 1.02. The minimum atomic E-state index is -0.155. The molecule has 0 saturated heterocycles. The van der Waals surface area contributed by atoms with Gasteiger partial charge in [-0.1, -0.05) is 105 Å². The first-order valence-corrected chi connectivity index (χ1v) is 15.9. The molecule has 0 atom stereocenters. The lowest BCUT2D eigenvalue weighted by Crippen LogP contribution is -2.22. The molecule has 3 aromatic heterocycles. The summed E-state index contributed by atoms with van der Waals surface area (Å²) in [5.74, 6) is 0. The van der Waals surface area contributed by atoms with Crippen LogP contribution in [0.2, 0.25) is 0 Å². The van der Waals surface area contributed by atoms with Crippen LogP contribution in [0.15, 0.2) is 150 Å². The molecule has 0 spiro atoms. The van der Waals surface area contributed by atoms with Crippen LogP contribution >= 0.6 is 0 Å². The number of nitriles is 1. The van der Waals surface area contributed by atoms with Crippen molar-refractivity contribution in [3.63, 3.8) is 0 Å². The van der Waals surface area contributed by atoms with Crippen LogP contribution in [0.3, 0.4) is 0 Å². The Morgan fingerprint density at radius 1 is 0.511 bits per heavy atom. The summed E-state index contributed by atoms with van der Waals surface area (Å²) >= 11 is 0. The van der Waals surface area contributed by atoms with E-state index in [-0.39, 0.29) is 5.56 Å². The maximum Gasteiger partial charge on any atom is 0.282 e. The first kappa shape index (κ1) is 28.1. The first-order chi connectivity index (χ1) is 23.2. The summed E-state index contributed by atoms with van der Waals surface area (Å²) in [7, 11) is 0. The highest BCUT2D eigenvalue weighted by Crippen LogP contribution is 2.40. The van der Waals surface area contributed by atoms with E-state index in [1.165, 1.54) is 0 Å². The van der Waals surface area contributed by atoms with Gasteiger partial charge in [0.2, 0.25) is 0 Å². The lowest BCUT2D eigenvalue weighted by atomic mass is 10.0. The minimum Gasteiger partial charge on any atom is -0.306 e. The second-order valence-electron chi connectivity index (χ2n) is 11.3. The van der Waals surface area contributed by atoms with Gasteiger partial charge in [-0.05, 0) is 65.7 Å². The van der Waals surface area contributed by atoms with E-state index >= 15 is 4.79 Å². The number of nitrogens with zero attached hydrogens (tertiary/aromatic N) is 4. The summed E-state index contributed by atoms with van der Waals surface area (Å²) in [6.07, 6.45) is 0. The van der Waals surface area contributed by atoms with Crippen molar-refractivity contribution in [3.05, 3.63) is 162 Å². The first-order valence-electron chi connectivity index (χ1n) is 15.9. The van der Waals surface area contributed by atoms with Crippen LogP contribution in [0.4, 0.5) is 0 Å². The Morgan fingerprint density at radius 3 is 1.81 bits per heavy atom. The maximum absolute atomic E-state index is 15.1. The lowest BCUT2D eigenvalue weighted by Gasteiger charge is -2.14. The Kier molecular flexibility index (Phi) is 6.70. The molecular formula is C42H30N4O. The van der Waals surface area contributed by atoms with Crippen molar-refractivity contribution in [1.29, 1.82) is 5.26 Å². The van der Waals surface area contributed by atoms with Crippen LogP contribution in [0.1, 0.15) is 19.4 Å². The van der Waals surface area contributed by atoms with Gasteiger partial charge in [-0.15, -0.1) is 0 Å². The summed E-state index contributed by atoms with van der Waals surface area (Å²) in [4.78, 5) is 15.1. The van der Waals surface area contributed by atoms with Crippen molar-refractivity contribution in [2.24, 2.45) is 0 Å².